The van der Waals surface area contributed by atoms with E-state index in [0.717, 1.165) is 5.56 Å². The van der Waals surface area contributed by atoms with E-state index in [0.29, 0.717) is 49.4 Å². The monoisotopic (exact) mass is 424 g/mol. The van der Waals surface area contributed by atoms with Crippen molar-refractivity contribution in [3.63, 3.8) is 0 Å². The molecule has 9 heteroatoms. The first-order chi connectivity index (χ1) is 13.8. The summed E-state index contributed by atoms with van der Waals surface area (Å²) in [6.45, 7) is 2.19. The van der Waals surface area contributed by atoms with Crippen LogP contribution in [0.3, 0.4) is 0 Å². The molecule has 2 aromatic carbocycles. The number of anilines is 1. The van der Waals surface area contributed by atoms with E-state index in [9.17, 15) is 4.79 Å². The number of benzene rings is 2. The Morgan fingerprint density at radius 1 is 1.28 bits per heavy atom. The Morgan fingerprint density at radius 2 is 2.00 bits per heavy atom. The number of hydrogen-bond acceptors (Lipinski definition) is 6. The van der Waals surface area contributed by atoms with Crippen LogP contribution in [-0.4, -0.2) is 20.4 Å². The van der Waals surface area contributed by atoms with Crippen LogP contribution in [0.15, 0.2) is 47.4 Å². The number of nitrogens with zero attached hydrogens (tertiary/aromatic N) is 3. The van der Waals surface area contributed by atoms with E-state index in [4.69, 9.17) is 28.5 Å². The molecule has 0 unspecified atom stereocenters. The van der Waals surface area contributed by atoms with E-state index < -0.39 is 0 Å². The highest BCUT2D eigenvalue weighted by molar-refractivity contribution is 7.17. The fraction of sp³-hybridized carbons (Fsp3) is 0.100. The van der Waals surface area contributed by atoms with Gasteiger partial charge in [-0.2, -0.15) is 0 Å². The Kier molecular flexibility index (Phi) is 4.81. The third-order valence-electron chi connectivity index (χ3n) is 4.57. The van der Waals surface area contributed by atoms with Crippen molar-refractivity contribution < 1.29 is 0 Å². The van der Waals surface area contributed by atoms with Gasteiger partial charge in [-0.3, -0.25) is 14.8 Å². The van der Waals surface area contributed by atoms with Crippen LogP contribution in [0.4, 0.5) is 5.69 Å². The van der Waals surface area contributed by atoms with Crippen LogP contribution < -0.4 is 17.0 Å². The highest BCUT2D eigenvalue weighted by Gasteiger charge is 2.15. The van der Waals surface area contributed by atoms with Crippen molar-refractivity contribution in [1.82, 2.24) is 14.5 Å². The smallest absolute Gasteiger partial charge is 0.261 e. The molecular weight excluding hydrogens is 408 g/mol. The van der Waals surface area contributed by atoms with Crippen molar-refractivity contribution in [3.05, 3.63) is 74.2 Å². The SMILES string of the molecule is Cc1nc2cc(-c3ncc(C(=N)N)s3)c(N)cc2c(=O)n1Cc1ccc(Cl)cc1. The molecule has 146 valence electrons. The van der Waals surface area contributed by atoms with Gasteiger partial charge in [0.25, 0.3) is 5.56 Å². The summed E-state index contributed by atoms with van der Waals surface area (Å²) in [6, 6.07) is 10.7. The van der Waals surface area contributed by atoms with Gasteiger partial charge in [0.05, 0.1) is 22.3 Å². The van der Waals surface area contributed by atoms with Gasteiger partial charge in [0, 0.05) is 22.5 Å². The topological polar surface area (TPSA) is 124 Å². The zero-order valence-electron chi connectivity index (χ0n) is 15.4. The molecule has 29 heavy (non-hydrogen) atoms. The van der Waals surface area contributed by atoms with Gasteiger partial charge >= 0.3 is 0 Å². The molecule has 4 rings (SSSR count). The minimum Gasteiger partial charge on any atom is -0.398 e. The first-order valence-electron chi connectivity index (χ1n) is 8.69. The van der Waals surface area contributed by atoms with E-state index in [2.05, 4.69) is 9.97 Å². The van der Waals surface area contributed by atoms with E-state index in [1.54, 1.807) is 35.8 Å². The zero-order valence-corrected chi connectivity index (χ0v) is 17.0. The van der Waals surface area contributed by atoms with E-state index in [1.807, 2.05) is 12.1 Å². The Bertz CT molecular complexity index is 1310. The van der Waals surface area contributed by atoms with E-state index >= 15 is 0 Å². The van der Waals surface area contributed by atoms with Crippen LogP contribution in [0.1, 0.15) is 16.3 Å². The van der Waals surface area contributed by atoms with Gasteiger partial charge in [-0.15, -0.1) is 11.3 Å². The maximum atomic E-state index is 13.1. The molecule has 5 N–H and O–H groups in total. The van der Waals surface area contributed by atoms with Crippen molar-refractivity contribution in [2.75, 3.05) is 5.73 Å². The van der Waals surface area contributed by atoms with Crippen molar-refractivity contribution in [3.8, 4) is 10.6 Å². The van der Waals surface area contributed by atoms with Gasteiger partial charge in [-0.1, -0.05) is 23.7 Å². The summed E-state index contributed by atoms with van der Waals surface area (Å²) in [5.41, 5.74) is 14.2. The van der Waals surface area contributed by atoms with Crippen LogP contribution in [0.25, 0.3) is 21.5 Å². The quantitative estimate of drug-likeness (QED) is 0.263. The van der Waals surface area contributed by atoms with Crippen molar-refractivity contribution in [2.45, 2.75) is 13.5 Å². The van der Waals surface area contributed by atoms with Gasteiger partial charge in [0.2, 0.25) is 0 Å². The number of aromatic nitrogens is 3. The molecule has 0 amide bonds. The largest absolute Gasteiger partial charge is 0.398 e. The molecule has 2 aromatic heterocycles. The molecule has 0 bridgehead atoms. The molecule has 0 atom stereocenters. The summed E-state index contributed by atoms with van der Waals surface area (Å²) in [5.74, 6) is 0.545. The zero-order chi connectivity index (χ0) is 20.7. The molecule has 0 aliphatic heterocycles. The lowest BCUT2D eigenvalue weighted by atomic mass is 10.1. The number of nitrogens with two attached hydrogens (primary N) is 2. The lowest BCUT2D eigenvalue weighted by Crippen LogP contribution is -2.24. The lowest BCUT2D eigenvalue weighted by Gasteiger charge is -2.12. The van der Waals surface area contributed by atoms with Gasteiger partial charge in [-0.25, -0.2) is 9.97 Å². The van der Waals surface area contributed by atoms with Gasteiger partial charge in [0.15, 0.2) is 0 Å². The first kappa shape index (κ1) is 19.1. The number of halogens is 1. The van der Waals surface area contributed by atoms with E-state index in [1.165, 1.54) is 17.5 Å². The molecule has 4 aromatic rings. The van der Waals surface area contributed by atoms with Gasteiger partial charge in [-0.05, 0) is 36.8 Å². The lowest BCUT2D eigenvalue weighted by molar-refractivity contribution is 0.713. The number of fused-ring (bicyclic) bond motifs is 1. The summed E-state index contributed by atoms with van der Waals surface area (Å²) < 4.78 is 1.61. The maximum Gasteiger partial charge on any atom is 0.261 e. The third kappa shape index (κ3) is 3.59. The first-order valence-corrected chi connectivity index (χ1v) is 9.88. The fourth-order valence-electron chi connectivity index (χ4n) is 3.06. The highest BCUT2D eigenvalue weighted by atomic mass is 35.5. The van der Waals surface area contributed by atoms with E-state index in [-0.39, 0.29) is 11.4 Å². The summed E-state index contributed by atoms with van der Waals surface area (Å²) in [6.07, 6.45) is 1.54. The summed E-state index contributed by atoms with van der Waals surface area (Å²) in [7, 11) is 0. The third-order valence-corrected chi connectivity index (χ3v) is 5.89. The molecule has 0 radical (unpaired) electrons. The summed E-state index contributed by atoms with van der Waals surface area (Å²) in [4.78, 5) is 22.6. The number of nitrogen functional groups attached to an aromatic ring is 2. The molecule has 0 aliphatic carbocycles. The Labute approximate surface area is 175 Å². The van der Waals surface area contributed by atoms with Crippen LogP contribution in [0, 0.1) is 12.3 Å². The average Bonchev–Trinajstić information content (AvgIpc) is 3.17. The van der Waals surface area contributed by atoms with Crippen LogP contribution >= 0.6 is 22.9 Å². The molecule has 0 saturated carbocycles. The number of amidine groups is 1. The predicted molar refractivity (Wildman–Crippen MR) is 118 cm³/mol. The molecule has 7 nitrogen and oxygen atoms in total. The second kappa shape index (κ2) is 7.31. The molecule has 0 aliphatic rings. The van der Waals surface area contributed by atoms with Crippen molar-refractivity contribution >= 4 is 45.4 Å². The summed E-state index contributed by atoms with van der Waals surface area (Å²) >= 11 is 7.21. The standard InChI is InChI=1S/C20H17ClN6OS/c1-10-26-16-7-13(19-25-8-17(29-19)18(23)24)15(22)6-14(16)20(28)27(10)9-11-2-4-12(21)5-3-11/h2-8H,9,22H2,1H3,(H3,23,24). The van der Waals surface area contributed by atoms with Gasteiger partial charge < -0.3 is 11.5 Å². The number of nitrogens with one attached hydrogen (secondary N) is 1. The van der Waals surface area contributed by atoms with Crippen LogP contribution in [0.5, 0.6) is 0 Å². The molecule has 0 fully saturated rings. The molecule has 0 spiro atoms. The minimum atomic E-state index is -0.163. The predicted octanol–water partition coefficient (Wildman–Crippen LogP) is 3.40. The van der Waals surface area contributed by atoms with Crippen LogP contribution in [0.2, 0.25) is 5.02 Å². The Hall–Kier alpha value is -3.23. The number of rotatable bonds is 4. The Balaban J connectivity index is 1.81. The number of hydrogen-bond donors (Lipinski definition) is 3. The number of aryl methyl sites for hydroxylation is 1. The minimum absolute atomic E-state index is 0.0489. The highest BCUT2D eigenvalue weighted by Crippen LogP contribution is 2.32. The van der Waals surface area contributed by atoms with Crippen molar-refractivity contribution in [1.29, 1.82) is 5.41 Å². The Morgan fingerprint density at radius 3 is 2.66 bits per heavy atom. The molecule has 0 saturated heterocycles. The second-order valence-corrected chi connectivity index (χ2v) is 8.04. The fourth-order valence-corrected chi connectivity index (χ4v) is 4.00. The maximum absolute atomic E-state index is 13.1. The van der Waals surface area contributed by atoms with Crippen LogP contribution in [-0.2, 0) is 6.54 Å². The van der Waals surface area contributed by atoms with Crippen molar-refractivity contribution in [2.24, 2.45) is 5.73 Å². The average molecular weight is 425 g/mol. The molecular formula is C20H17ClN6OS. The van der Waals surface area contributed by atoms with Gasteiger partial charge in [0.1, 0.15) is 16.7 Å². The molecule has 2 heterocycles. The summed E-state index contributed by atoms with van der Waals surface area (Å²) in [5, 5.41) is 9.24. The number of thiazole rings is 1. The normalized spacial score (nSPS) is 11.1. The second-order valence-electron chi connectivity index (χ2n) is 6.58.